The molecule has 0 fully saturated rings. The van der Waals surface area contributed by atoms with Gasteiger partial charge in [0.1, 0.15) is 5.82 Å². The van der Waals surface area contributed by atoms with E-state index in [9.17, 15) is 14.0 Å². The van der Waals surface area contributed by atoms with Crippen molar-refractivity contribution in [3.8, 4) is 11.3 Å². The summed E-state index contributed by atoms with van der Waals surface area (Å²) in [4.78, 5) is 27.3. The van der Waals surface area contributed by atoms with Crippen LogP contribution in [0.1, 0.15) is 21.5 Å². The molecule has 0 bridgehead atoms. The Morgan fingerprint density at radius 1 is 1.00 bits per heavy atom. The van der Waals surface area contributed by atoms with Gasteiger partial charge in [-0.3, -0.25) is 9.78 Å². The summed E-state index contributed by atoms with van der Waals surface area (Å²) in [7, 11) is 0. The zero-order valence-electron chi connectivity index (χ0n) is 14.4. The predicted molar refractivity (Wildman–Crippen MR) is 98.6 cm³/mol. The molecule has 0 aliphatic carbocycles. The minimum absolute atomic E-state index is 0.167. The molecule has 0 radical (unpaired) electrons. The van der Waals surface area contributed by atoms with E-state index in [0.29, 0.717) is 11.3 Å². The molecule has 0 saturated heterocycles. The van der Waals surface area contributed by atoms with Gasteiger partial charge in [0.2, 0.25) is 5.91 Å². The number of nitrogens with zero attached hydrogens (tertiary/aromatic N) is 1. The number of benzene rings is 2. The van der Waals surface area contributed by atoms with Crippen LogP contribution in [0.25, 0.3) is 11.3 Å². The molecule has 5 nitrogen and oxygen atoms in total. The molecule has 0 unspecified atom stereocenters. The van der Waals surface area contributed by atoms with Gasteiger partial charge in [-0.15, -0.1) is 0 Å². The van der Waals surface area contributed by atoms with Gasteiger partial charge in [-0.2, -0.15) is 0 Å². The van der Waals surface area contributed by atoms with Crippen LogP contribution in [0.15, 0.2) is 66.9 Å². The second kappa shape index (κ2) is 8.23. The molecule has 27 heavy (non-hydrogen) atoms. The summed E-state index contributed by atoms with van der Waals surface area (Å²) in [5, 5.41) is 11.7. The predicted octanol–water partition coefficient (Wildman–Crippen LogP) is 3.44. The van der Waals surface area contributed by atoms with Gasteiger partial charge < -0.3 is 10.4 Å². The van der Waals surface area contributed by atoms with Crippen molar-refractivity contribution in [1.29, 1.82) is 0 Å². The van der Waals surface area contributed by atoms with Gasteiger partial charge in [0.05, 0.1) is 17.7 Å². The van der Waals surface area contributed by atoms with Gasteiger partial charge in [0, 0.05) is 18.3 Å². The number of halogens is 1. The van der Waals surface area contributed by atoms with E-state index >= 15 is 0 Å². The normalized spacial score (nSPS) is 10.4. The van der Waals surface area contributed by atoms with Crippen LogP contribution in [0.4, 0.5) is 4.39 Å². The maximum atomic E-state index is 13.1. The fourth-order valence-electron chi connectivity index (χ4n) is 2.58. The highest BCUT2D eigenvalue weighted by molar-refractivity contribution is 5.88. The van der Waals surface area contributed by atoms with E-state index in [0.717, 1.165) is 11.1 Å². The molecule has 0 saturated carbocycles. The Hall–Kier alpha value is -3.54. The van der Waals surface area contributed by atoms with E-state index in [2.05, 4.69) is 10.3 Å². The van der Waals surface area contributed by atoms with Crippen molar-refractivity contribution in [3.05, 3.63) is 89.4 Å². The highest BCUT2D eigenvalue weighted by Gasteiger charge is 2.07. The van der Waals surface area contributed by atoms with E-state index in [1.165, 1.54) is 24.3 Å². The fraction of sp³-hybridized carbons (Fsp3) is 0.0952. The number of hydrogen-bond donors (Lipinski definition) is 2. The van der Waals surface area contributed by atoms with Gasteiger partial charge in [-0.25, -0.2) is 9.18 Å². The number of nitrogens with one attached hydrogen (secondary N) is 1. The van der Waals surface area contributed by atoms with Crippen LogP contribution in [0.2, 0.25) is 0 Å². The zero-order valence-corrected chi connectivity index (χ0v) is 14.4. The summed E-state index contributed by atoms with van der Waals surface area (Å²) in [6.45, 7) is 0.262. The molecule has 3 rings (SSSR count). The summed E-state index contributed by atoms with van der Waals surface area (Å²) in [6.07, 6.45) is 1.78. The Morgan fingerprint density at radius 2 is 1.78 bits per heavy atom. The fourth-order valence-corrected chi connectivity index (χ4v) is 2.58. The van der Waals surface area contributed by atoms with E-state index in [1.807, 2.05) is 0 Å². The highest BCUT2D eigenvalue weighted by atomic mass is 19.1. The zero-order chi connectivity index (χ0) is 19.2. The van der Waals surface area contributed by atoms with Crippen molar-refractivity contribution in [1.82, 2.24) is 10.3 Å². The summed E-state index contributed by atoms with van der Waals surface area (Å²) >= 11 is 0. The lowest BCUT2D eigenvalue weighted by Gasteiger charge is -2.07. The lowest BCUT2D eigenvalue weighted by molar-refractivity contribution is -0.120. The van der Waals surface area contributed by atoms with E-state index in [1.54, 1.807) is 42.6 Å². The number of hydrogen-bond acceptors (Lipinski definition) is 3. The number of carbonyl (C=O) groups excluding carboxylic acids is 1. The maximum absolute atomic E-state index is 13.1. The molecule has 3 aromatic rings. The summed E-state index contributed by atoms with van der Waals surface area (Å²) in [5.74, 6) is -1.49. The summed E-state index contributed by atoms with van der Waals surface area (Å²) in [5.41, 5.74) is 3.14. The molecule has 6 heteroatoms. The molecular weight excluding hydrogens is 347 g/mol. The standard InChI is InChI=1S/C21H17FN2O3/c22-18-3-1-2-14(10-18)13-24-20(25)11-15-4-9-19(23-12-15)16-5-7-17(8-6-16)21(26)27/h1-10,12H,11,13H2,(H,24,25)(H,26,27). The number of amides is 1. The molecule has 0 atom stereocenters. The van der Waals surface area contributed by atoms with E-state index < -0.39 is 5.97 Å². The van der Waals surface area contributed by atoms with Crippen LogP contribution < -0.4 is 5.32 Å². The van der Waals surface area contributed by atoms with Crippen LogP contribution in [-0.4, -0.2) is 22.0 Å². The first-order valence-electron chi connectivity index (χ1n) is 8.31. The molecule has 2 aromatic carbocycles. The van der Waals surface area contributed by atoms with Gasteiger partial charge in [0.25, 0.3) is 0 Å². The molecule has 0 aliphatic rings. The smallest absolute Gasteiger partial charge is 0.335 e. The number of carboxylic acids is 1. The Bertz CT molecular complexity index is 954. The lowest BCUT2D eigenvalue weighted by atomic mass is 10.1. The first-order valence-corrected chi connectivity index (χ1v) is 8.31. The molecule has 136 valence electrons. The summed E-state index contributed by atoms with van der Waals surface area (Å²) < 4.78 is 13.1. The third-order valence-electron chi connectivity index (χ3n) is 4.00. The second-order valence-corrected chi connectivity index (χ2v) is 6.02. The average Bonchev–Trinajstić information content (AvgIpc) is 2.67. The van der Waals surface area contributed by atoms with Crippen LogP contribution in [0.5, 0.6) is 0 Å². The van der Waals surface area contributed by atoms with Crippen molar-refractivity contribution < 1.29 is 19.1 Å². The Balaban J connectivity index is 1.58. The SMILES string of the molecule is O=C(Cc1ccc(-c2ccc(C(=O)O)cc2)nc1)NCc1cccc(F)c1. The average molecular weight is 364 g/mol. The number of carbonyl (C=O) groups is 2. The molecule has 2 N–H and O–H groups in total. The first-order chi connectivity index (χ1) is 13.0. The Kier molecular flexibility index (Phi) is 5.56. The van der Waals surface area contributed by atoms with Crippen molar-refractivity contribution in [2.45, 2.75) is 13.0 Å². The van der Waals surface area contributed by atoms with Gasteiger partial charge in [0.15, 0.2) is 0 Å². The molecule has 0 spiro atoms. The highest BCUT2D eigenvalue weighted by Crippen LogP contribution is 2.18. The van der Waals surface area contributed by atoms with Crippen LogP contribution >= 0.6 is 0 Å². The van der Waals surface area contributed by atoms with Crippen molar-refractivity contribution in [3.63, 3.8) is 0 Å². The van der Waals surface area contributed by atoms with Crippen molar-refractivity contribution >= 4 is 11.9 Å². The second-order valence-electron chi connectivity index (χ2n) is 6.02. The lowest BCUT2D eigenvalue weighted by Crippen LogP contribution is -2.24. The molecule has 1 heterocycles. The summed E-state index contributed by atoms with van der Waals surface area (Å²) in [6, 6.07) is 16.1. The van der Waals surface area contributed by atoms with Gasteiger partial charge in [-0.1, -0.05) is 30.3 Å². The number of rotatable bonds is 6. The number of pyridine rings is 1. The first kappa shape index (κ1) is 18.3. The maximum Gasteiger partial charge on any atom is 0.335 e. The molecular formula is C21H17FN2O3. The van der Waals surface area contributed by atoms with Crippen molar-refractivity contribution in [2.24, 2.45) is 0 Å². The number of carboxylic acid groups (broad SMARTS) is 1. The van der Waals surface area contributed by atoms with E-state index in [-0.39, 0.29) is 30.3 Å². The van der Waals surface area contributed by atoms with Gasteiger partial charge >= 0.3 is 5.97 Å². The topological polar surface area (TPSA) is 79.3 Å². The monoisotopic (exact) mass is 364 g/mol. The molecule has 1 aromatic heterocycles. The van der Waals surface area contributed by atoms with Crippen LogP contribution in [-0.2, 0) is 17.8 Å². The van der Waals surface area contributed by atoms with Crippen LogP contribution in [0, 0.1) is 5.82 Å². The van der Waals surface area contributed by atoms with E-state index in [4.69, 9.17) is 5.11 Å². The minimum atomic E-state index is -0.978. The van der Waals surface area contributed by atoms with Crippen molar-refractivity contribution in [2.75, 3.05) is 0 Å². The molecule has 1 amide bonds. The quantitative estimate of drug-likeness (QED) is 0.702. The minimum Gasteiger partial charge on any atom is -0.478 e. The largest absolute Gasteiger partial charge is 0.478 e. The number of aromatic nitrogens is 1. The number of aromatic carboxylic acids is 1. The third kappa shape index (κ3) is 4.98. The van der Waals surface area contributed by atoms with Gasteiger partial charge in [-0.05, 0) is 41.5 Å². The molecule has 0 aliphatic heterocycles. The Labute approximate surface area is 155 Å². The third-order valence-corrected chi connectivity index (χ3v) is 4.00. The van der Waals surface area contributed by atoms with Crippen LogP contribution in [0.3, 0.4) is 0 Å². The Morgan fingerprint density at radius 3 is 2.41 bits per heavy atom.